The Labute approximate surface area is 154 Å². The number of benzene rings is 1. The zero-order valence-corrected chi connectivity index (χ0v) is 14.7. The summed E-state index contributed by atoms with van der Waals surface area (Å²) in [5.41, 5.74) is 2.06. The second-order valence-electron chi connectivity index (χ2n) is 5.16. The van der Waals surface area contributed by atoms with E-state index in [9.17, 15) is 9.59 Å². The molecule has 0 aliphatic carbocycles. The van der Waals surface area contributed by atoms with E-state index >= 15 is 0 Å². The molecule has 128 valence electrons. The molecule has 0 saturated heterocycles. The summed E-state index contributed by atoms with van der Waals surface area (Å²) in [6.07, 6.45) is 1.68. The topological polar surface area (TPSA) is 68.3 Å². The lowest BCUT2D eigenvalue weighted by Gasteiger charge is -2.03. The van der Waals surface area contributed by atoms with Gasteiger partial charge >= 0.3 is 5.97 Å². The van der Waals surface area contributed by atoms with Gasteiger partial charge in [0.05, 0.1) is 12.0 Å². The molecule has 0 saturated carbocycles. The van der Waals surface area contributed by atoms with Gasteiger partial charge in [0.2, 0.25) is 0 Å². The van der Waals surface area contributed by atoms with Crippen molar-refractivity contribution in [2.24, 2.45) is 0 Å². The fourth-order valence-electron chi connectivity index (χ4n) is 2.11. The number of aromatic nitrogens is 1. The molecular weight excluding hydrogens is 348 g/mol. The van der Waals surface area contributed by atoms with Crippen molar-refractivity contribution in [2.75, 3.05) is 12.4 Å². The highest BCUT2D eigenvalue weighted by Crippen LogP contribution is 2.19. The van der Waals surface area contributed by atoms with Crippen LogP contribution < -0.4 is 5.32 Å². The highest BCUT2D eigenvalue weighted by Gasteiger charge is 2.14. The van der Waals surface area contributed by atoms with Crippen molar-refractivity contribution in [2.45, 2.75) is 0 Å². The van der Waals surface area contributed by atoms with Crippen molar-refractivity contribution in [1.82, 2.24) is 4.98 Å². The van der Waals surface area contributed by atoms with Gasteiger partial charge in [-0.25, -0.2) is 9.78 Å². The quantitative estimate of drug-likeness (QED) is 0.571. The van der Waals surface area contributed by atoms with Crippen LogP contribution >= 0.6 is 11.3 Å². The van der Waals surface area contributed by atoms with Crippen LogP contribution in [-0.4, -0.2) is 24.0 Å². The molecule has 1 amide bonds. The normalized spacial score (nSPS) is 9.73. The molecule has 6 heteroatoms. The molecule has 0 aliphatic rings. The number of anilines is 1. The molecule has 3 rings (SSSR count). The molecule has 3 aromatic rings. The van der Waals surface area contributed by atoms with Crippen molar-refractivity contribution in [1.29, 1.82) is 0 Å². The Kier molecular flexibility index (Phi) is 5.42. The number of ether oxygens (including phenoxy) is 1. The lowest BCUT2D eigenvalue weighted by molar-refractivity contribution is 0.0606. The van der Waals surface area contributed by atoms with E-state index in [4.69, 9.17) is 0 Å². The number of thiophene rings is 1. The van der Waals surface area contributed by atoms with Crippen molar-refractivity contribution >= 4 is 28.9 Å². The Bertz CT molecular complexity index is 1000. The summed E-state index contributed by atoms with van der Waals surface area (Å²) in [6.45, 7) is 0. The summed E-state index contributed by atoms with van der Waals surface area (Å²) in [7, 11) is 1.30. The fourth-order valence-corrected chi connectivity index (χ4v) is 2.93. The van der Waals surface area contributed by atoms with Crippen LogP contribution in [-0.2, 0) is 4.74 Å². The molecule has 0 fully saturated rings. The number of rotatable bonds is 3. The summed E-state index contributed by atoms with van der Waals surface area (Å²) in [6, 6.07) is 15.9. The van der Waals surface area contributed by atoms with E-state index in [1.165, 1.54) is 7.11 Å². The molecule has 0 unspecified atom stereocenters. The number of nitrogens with zero attached hydrogens (tertiary/aromatic N) is 1. The molecular formula is C20H14N2O3S. The SMILES string of the molecule is COC(=O)c1ccc(C(=O)Nc2cccc(C#Cc3ccccn3)c2)s1. The number of hydrogen-bond donors (Lipinski definition) is 1. The minimum Gasteiger partial charge on any atom is -0.465 e. The Morgan fingerprint density at radius 1 is 1.04 bits per heavy atom. The Balaban J connectivity index is 1.72. The van der Waals surface area contributed by atoms with Crippen molar-refractivity contribution in [3.05, 3.63) is 81.8 Å². The number of carbonyl (C=O) groups excluding carboxylic acids is 2. The molecule has 0 bridgehead atoms. The first-order valence-electron chi connectivity index (χ1n) is 7.68. The van der Waals surface area contributed by atoms with Gasteiger partial charge in [0.1, 0.15) is 10.6 Å². The molecule has 2 aromatic heterocycles. The summed E-state index contributed by atoms with van der Waals surface area (Å²) >= 11 is 1.08. The largest absolute Gasteiger partial charge is 0.465 e. The number of carbonyl (C=O) groups is 2. The lowest BCUT2D eigenvalue weighted by Crippen LogP contribution is -2.10. The molecule has 1 aromatic carbocycles. The first kappa shape index (κ1) is 17.4. The number of pyridine rings is 1. The van der Waals surface area contributed by atoms with Gasteiger partial charge in [-0.1, -0.05) is 18.1 Å². The zero-order valence-electron chi connectivity index (χ0n) is 13.9. The molecule has 5 nitrogen and oxygen atoms in total. The van der Waals surface area contributed by atoms with Gasteiger partial charge in [0.15, 0.2) is 0 Å². The van der Waals surface area contributed by atoms with Crippen LogP contribution in [0.2, 0.25) is 0 Å². The smallest absolute Gasteiger partial charge is 0.348 e. The van der Waals surface area contributed by atoms with Gasteiger partial charge in [0, 0.05) is 17.4 Å². The minimum atomic E-state index is -0.458. The van der Waals surface area contributed by atoms with E-state index in [1.807, 2.05) is 30.3 Å². The van der Waals surface area contributed by atoms with Gasteiger partial charge in [-0.05, 0) is 48.4 Å². The minimum absolute atomic E-state index is 0.292. The maximum absolute atomic E-state index is 12.3. The Hall–Kier alpha value is -3.43. The van der Waals surface area contributed by atoms with Gasteiger partial charge in [-0.3, -0.25) is 4.79 Å². The summed E-state index contributed by atoms with van der Waals surface area (Å²) in [5, 5.41) is 2.80. The zero-order chi connectivity index (χ0) is 18.4. The molecule has 26 heavy (non-hydrogen) atoms. The lowest BCUT2D eigenvalue weighted by atomic mass is 10.2. The first-order chi connectivity index (χ1) is 12.7. The predicted molar refractivity (Wildman–Crippen MR) is 100 cm³/mol. The fraction of sp³-hybridized carbons (Fsp3) is 0.0500. The third-order valence-electron chi connectivity index (χ3n) is 3.34. The first-order valence-corrected chi connectivity index (χ1v) is 8.50. The molecule has 0 spiro atoms. The number of amides is 1. The maximum atomic E-state index is 12.3. The molecule has 0 aliphatic heterocycles. The van der Waals surface area contributed by atoms with Crippen LogP contribution in [0.15, 0.2) is 60.8 Å². The summed E-state index contributed by atoms with van der Waals surface area (Å²) in [4.78, 5) is 28.8. The van der Waals surface area contributed by atoms with Gasteiger partial charge in [-0.2, -0.15) is 0 Å². The maximum Gasteiger partial charge on any atom is 0.348 e. The van der Waals surface area contributed by atoms with E-state index < -0.39 is 5.97 Å². The molecule has 0 atom stereocenters. The number of hydrogen-bond acceptors (Lipinski definition) is 5. The van der Waals surface area contributed by atoms with E-state index in [0.717, 1.165) is 16.9 Å². The summed E-state index contributed by atoms with van der Waals surface area (Å²) < 4.78 is 4.65. The van der Waals surface area contributed by atoms with Crippen LogP contribution in [0.5, 0.6) is 0 Å². The average Bonchev–Trinajstić information content (AvgIpc) is 3.17. The Morgan fingerprint density at radius 2 is 1.88 bits per heavy atom. The number of nitrogens with one attached hydrogen (secondary N) is 1. The van der Waals surface area contributed by atoms with Gasteiger partial charge in [0.25, 0.3) is 5.91 Å². The second-order valence-corrected chi connectivity index (χ2v) is 6.24. The average molecular weight is 362 g/mol. The highest BCUT2D eigenvalue weighted by atomic mass is 32.1. The van der Waals surface area contributed by atoms with Crippen LogP contribution in [0.1, 0.15) is 30.6 Å². The number of methoxy groups -OCH3 is 1. The van der Waals surface area contributed by atoms with Crippen LogP contribution in [0, 0.1) is 11.8 Å². The van der Waals surface area contributed by atoms with Crippen LogP contribution in [0.25, 0.3) is 0 Å². The van der Waals surface area contributed by atoms with E-state index in [-0.39, 0.29) is 5.91 Å². The summed E-state index contributed by atoms with van der Waals surface area (Å²) in [5.74, 6) is 5.24. The van der Waals surface area contributed by atoms with Crippen LogP contribution in [0.3, 0.4) is 0 Å². The molecule has 1 N–H and O–H groups in total. The molecule has 2 heterocycles. The van der Waals surface area contributed by atoms with Crippen molar-refractivity contribution in [3.63, 3.8) is 0 Å². The molecule has 0 radical (unpaired) electrons. The predicted octanol–water partition coefficient (Wildman–Crippen LogP) is 3.58. The van der Waals surface area contributed by atoms with E-state index in [0.29, 0.717) is 21.1 Å². The van der Waals surface area contributed by atoms with Gasteiger partial charge < -0.3 is 10.1 Å². The second kappa shape index (κ2) is 8.10. The van der Waals surface area contributed by atoms with Crippen LogP contribution in [0.4, 0.5) is 5.69 Å². The van der Waals surface area contributed by atoms with Crippen molar-refractivity contribution in [3.8, 4) is 11.8 Å². The third-order valence-corrected chi connectivity index (χ3v) is 4.40. The number of esters is 1. The van der Waals surface area contributed by atoms with Gasteiger partial charge in [-0.15, -0.1) is 11.3 Å². The van der Waals surface area contributed by atoms with E-state index in [2.05, 4.69) is 26.9 Å². The van der Waals surface area contributed by atoms with Crippen molar-refractivity contribution < 1.29 is 14.3 Å². The standard InChI is InChI=1S/C20H14N2O3S/c1-25-20(24)18-11-10-17(26-18)19(23)22-16-7-4-5-14(13-16)8-9-15-6-2-3-12-21-15/h2-7,10-13H,1H3,(H,22,23). The third kappa shape index (κ3) is 4.35. The Morgan fingerprint density at radius 3 is 2.65 bits per heavy atom. The monoisotopic (exact) mass is 362 g/mol. The van der Waals surface area contributed by atoms with E-state index in [1.54, 1.807) is 30.5 Å². The highest BCUT2D eigenvalue weighted by molar-refractivity contribution is 7.16.